The molecule has 3 unspecified atom stereocenters. The largest absolute Gasteiger partial charge is 0.385 e. The molecule has 0 aromatic carbocycles. The van der Waals surface area contributed by atoms with Crippen LogP contribution in [-0.4, -0.2) is 30.2 Å². The molecule has 1 aliphatic rings. The SMILES string of the molecule is C=NC/C(C)=C(\N)N1C(C)CCC1CC(C)CC. The molecule has 1 heterocycles. The van der Waals surface area contributed by atoms with Crippen molar-refractivity contribution in [1.29, 1.82) is 0 Å². The summed E-state index contributed by atoms with van der Waals surface area (Å²) in [5.41, 5.74) is 7.47. The summed E-state index contributed by atoms with van der Waals surface area (Å²) in [7, 11) is 0. The summed E-state index contributed by atoms with van der Waals surface area (Å²) in [5, 5.41) is 0. The average Bonchev–Trinajstić information content (AvgIpc) is 2.69. The highest BCUT2D eigenvalue weighted by atomic mass is 15.3. The van der Waals surface area contributed by atoms with E-state index in [0.29, 0.717) is 18.6 Å². The van der Waals surface area contributed by atoms with Crippen molar-refractivity contribution in [2.24, 2.45) is 16.6 Å². The number of rotatable bonds is 6. The zero-order valence-electron chi connectivity index (χ0n) is 12.4. The number of nitrogens with two attached hydrogens (primary N) is 1. The lowest BCUT2D eigenvalue weighted by Crippen LogP contribution is -2.39. The Hall–Kier alpha value is -0.990. The topological polar surface area (TPSA) is 41.6 Å². The lowest BCUT2D eigenvalue weighted by atomic mass is 9.98. The average molecular weight is 251 g/mol. The van der Waals surface area contributed by atoms with E-state index in [1.54, 1.807) is 0 Å². The molecule has 3 heteroatoms. The molecule has 0 radical (unpaired) electrons. The van der Waals surface area contributed by atoms with Crippen LogP contribution in [0.3, 0.4) is 0 Å². The van der Waals surface area contributed by atoms with Crippen LogP contribution in [0.4, 0.5) is 0 Å². The quantitative estimate of drug-likeness (QED) is 0.737. The zero-order valence-corrected chi connectivity index (χ0v) is 12.4. The van der Waals surface area contributed by atoms with Crippen LogP contribution in [0.5, 0.6) is 0 Å². The van der Waals surface area contributed by atoms with E-state index in [9.17, 15) is 0 Å². The van der Waals surface area contributed by atoms with Crippen molar-refractivity contribution in [3.63, 3.8) is 0 Å². The van der Waals surface area contributed by atoms with Gasteiger partial charge >= 0.3 is 0 Å². The van der Waals surface area contributed by atoms with E-state index < -0.39 is 0 Å². The number of hydrogen-bond acceptors (Lipinski definition) is 3. The molecule has 18 heavy (non-hydrogen) atoms. The molecular weight excluding hydrogens is 222 g/mol. The Labute approximate surface area is 112 Å². The third kappa shape index (κ3) is 3.50. The molecular formula is C15H29N3. The highest BCUT2D eigenvalue weighted by Gasteiger charge is 2.32. The Morgan fingerprint density at radius 1 is 1.50 bits per heavy atom. The minimum absolute atomic E-state index is 0.554. The van der Waals surface area contributed by atoms with Crippen molar-refractivity contribution in [3.8, 4) is 0 Å². The van der Waals surface area contributed by atoms with Gasteiger partial charge in [0.1, 0.15) is 0 Å². The first kappa shape index (κ1) is 15.1. The summed E-state index contributed by atoms with van der Waals surface area (Å²) in [4.78, 5) is 6.36. The van der Waals surface area contributed by atoms with Crippen molar-refractivity contribution in [1.82, 2.24) is 4.90 Å². The van der Waals surface area contributed by atoms with Crippen LogP contribution in [-0.2, 0) is 0 Å². The zero-order chi connectivity index (χ0) is 13.7. The maximum Gasteiger partial charge on any atom is 0.0999 e. The molecule has 0 spiro atoms. The third-order valence-electron chi connectivity index (χ3n) is 4.22. The first-order chi connectivity index (χ1) is 8.51. The molecule has 3 atom stereocenters. The predicted octanol–water partition coefficient (Wildman–Crippen LogP) is 3.17. The van der Waals surface area contributed by atoms with E-state index in [1.165, 1.54) is 25.7 Å². The van der Waals surface area contributed by atoms with Gasteiger partial charge in [0.2, 0.25) is 0 Å². The van der Waals surface area contributed by atoms with E-state index in [-0.39, 0.29) is 0 Å². The molecule has 0 aliphatic carbocycles. The minimum atomic E-state index is 0.554. The fourth-order valence-corrected chi connectivity index (χ4v) is 2.84. The number of aliphatic imine (C=N–C) groups is 1. The molecule has 1 aliphatic heterocycles. The molecule has 0 bridgehead atoms. The van der Waals surface area contributed by atoms with Crippen molar-refractivity contribution < 1.29 is 0 Å². The number of hydrogen-bond donors (Lipinski definition) is 1. The van der Waals surface area contributed by atoms with Gasteiger partial charge in [-0.3, -0.25) is 4.99 Å². The van der Waals surface area contributed by atoms with Crippen LogP contribution in [0, 0.1) is 5.92 Å². The highest BCUT2D eigenvalue weighted by molar-refractivity contribution is 5.25. The van der Waals surface area contributed by atoms with E-state index >= 15 is 0 Å². The molecule has 3 nitrogen and oxygen atoms in total. The van der Waals surface area contributed by atoms with Crippen LogP contribution >= 0.6 is 0 Å². The molecule has 0 aromatic rings. The standard InChI is InChI=1S/C15H29N3/c1-6-11(2)9-14-8-7-13(4)18(14)15(16)12(3)10-17-5/h11,13-14H,5-10,16H2,1-4H3/b15-12+. The van der Waals surface area contributed by atoms with E-state index in [0.717, 1.165) is 17.3 Å². The van der Waals surface area contributed by atoms with Gasteiger partial charge in [-0.25, -0.2) is 0 Å². The van der Waals surface area contributed by atoms with Crippen molar-refractivity contribution in [2.45, 2.75) is 65.5 Å². The Morgan fingerprint density at radius 2 is 2.17 bits per heavy atom. The second-order valence-corrected chi connectivity index (χ2v) is 5.78. The highest BCUT2D eigenvalue weighted by Crippen LogP contribution is 2.31. The third-order valence-corrected chi connectivity index (χ3v) is 4.22. The second kappa shape index (κ2) is 6.81. The van der Waals surface area contributed by atoms with Gasteiger partial charge in [-0.05, 0) is 51.3 Å². The summed E-state index contributed by atoms with van der Waals surface area (Å²) in [6, 6.07) is 1.16. The molecule has 104 valence electrons. The van der Waals surface area contributed by atoms with Gasteiger partial charge in [0.25, 0.3) is 0 Å². The predicted molar refractivity (Wildman–Crippen MR) is 79.7 cm³/mol. The Morgan fingerprint density at radius 3 is 2.72 bits per heavy atom. The van der Waals surface area contributed by atoms with Gasteiger partial charge < -0.3 is 10.6 Å². The van der Waals surface area contributed by atoms with Gasteiger partial charge in [0.05, 0.1) is 12.4 Å². The smallest absolute Gasteiger partial charge is 0.0999 e. The molecule has 0 amide bonds. The fourth-order valence-electron chi connectivity index (χ4n) is 2.84. The van der Waals surface area contributed by atoms with E-state index in [2.05, 4.69) is 44.3 Å². The van der Waals surface area contributed by atoms with E-state index in [1.807, 2.05) is 0 Å². The van der Waals surface area contributed by atoms with Gasteiger partial charge in [-0.15, -0.1) is 0 Å². The monoisotopic (exact) mass is 251 g/mol. The lowest BCUT2D eigenvalue weighted by molar-refractivity contribution is 0.225. The summed E-state index contributed by atoms with van der Waals surface area (Å²) < 4.78 is 0. The normalized spacial score (nSPS) is 27.0. The Kier molecular flexibility index (Phi) is 5.70. The van der Waals surface area contributed by atoms with Gasteiger partial charge in [0, 0.05) is 12.1 Å². The number of nitrogens with zero attached hydrogens (tertiary/aromatic N) is 2. The molecule has 0 saturated carbocycles. The van der Waals surface area contributed by atoms with Crippen LogP contribution in [0.25, 0.3) is 0 Å². The molecule has 0 aromatic heterocycles. The minimum Gasteiger partial charge on any atom is -0.385 e. The van der Waals surface area contributed by atoms with Gasteiger partial charge in [-0.2, -0.15) is 0 Å². The summed E-state index contributed by atoms with van der Waals surface area (Å²) >= 11 is 0. The first-order valence-electron chi connectivity index (χ1n) is 7.17. The van der Waals surface area contributed by atoms with Crippen LogP contribution < -0.4 is 5.73 Å². The Bertz CT molecular complexity index is 309. The lowest BCUT2D eigenvalue weighted by Gasteiger charge is -2.33. The second-order valence-electron chi connectivity index (χ2n) is 5.78. The number of likely N-dealkylation sites (tertiary alicyclic amines) is 1. The summed E-state index contributed by atoms with van der Waals surface area (Å²) in [5.74, 6) is 1.70. The van der Waals surface area contributed by atoms with Crippen LogP contribution in [0.2, 0.25) is 0 Å². The summed E-state index contributed by atoms with van der Waals surface area (Å²) in [6.07, 6.45) is 5.00. The van der Waals surface area contributed by atoms with Crippen molar-refractivity contribution >= 4 is 6.72 Å². The van der Waals surface area contributed by atoms with Gasteiger partial charge in [0.15, 0.2) is 0 Å². The fraction of sp³-hybridized carbons (Fsp3) is 0.800. The van der Waals surface area contributed by atoms with Crippen LogP contribution in [0.15, 0.2) is 16.4 Å². The van der Waals surface area contributed by atoms with Gasteiger partial charge in [-0.1, -0.05) is 20.3 Å². The van der Waals surface area contributed by atoms with E-state index in [4.69, 9.17) is 5.73 Å². The molecule has 1 rings (SSSR count). The maximum absolute atomic E-state index is 6.32. The molecule has 1 saturated heterocycles. The summed E-state index contributed by atoms with van der Waals surface area (Å²) in [6.45, 7) is 13.1. The van der Waals surface area contributed by atoms with Crippen molar-refractivity contribution in [3.05, 3.63) is 11.4 Å². The molecule has 1 fully saturated rings. The first-order valence-corrected chi connectivity index (χ1v) is 7.17. The molecule has 2 N–H and O–H groups in total. The van der Waals surface area contributed by atoms with Crippen LogP contribution in [0.1, 0.15) is 53.4 Å². The maximum atomic E-state index is 6.32. The Balaban J connectivity index is 2.81. The van der Waals surface area contributed by atoms with Crippen molar-refractivity contribution in [2.75, 3.05) is 6.54 Å².